The number of imidazole rings is 1. The lowest BCUT2D eigenvalue weighted by molar-refractivity contribution is -0.121. The molecule has 0 aliphatic heterocycles. The van der Waals surface area contributed by atoms with Crippen molar-refractivity contribution in [1.82, 2.24) is 14.9 Å². The Kier molecular flexibility index (Phi) is 5.82. The second kappa shape index (κ2) is 8.09. The van der Waals surface area contributed by atoms with E-state index in [1.165, 1.54) is 0 Å². The number of amides is 1. The van der Waals surface area contributed by atoms with Gasteiger partial charge in [0.2, 0.25) is 5.91 Å². The van der Waals surface area contributed by atoms with Crippen molar-refractivity contribution in [3.8, 4) is 5.75 Å². The lowest BCUT2D eigenvalue weighted by atomic mass is 10.3. The van der Waals surface area contributed by atoms with Crippen molar-refractivity contribution in [3.63, 3.8) is 0 Å². The van der Waals surface area contributed by atoms with E-state index in [9.17, 15) is 4.79 Å². The van der Waals surface area contributed by atoms with Crippen LogP contribution in [-0.4, -0.2) is 28.1 Å². The smallest absolute Gasteiger partial charge is 0.220 e. The molecule has 1 amide bonds. The molecular weight excluding hydrogens is 266 g/mol. The molecule has 5 nitrogen and oxygen atoms in total. The molecule has 0 saturated heterocycles. The first-order chi connectivity index (χ1) is 10.2. The Morgan fingerprint density at radius 3 is 2.90 bits per heavy atom. The van der Waals surface area contributed by atoms with Gasteiger partial charge in [-0.05, 0) is 25.5 Å². The van der Waals surface area contributed by atoms with Crippen molar-refractivity contribution in [2.75, 3.05) is 6.54 Å². The molecule has 0 fully saturated rings. The number of nitrogens with zero attached hydrogens (tertiary/aromatic N) is 2. The van der Waals surface area contributed by atoms with E-state index >= 15 is 0 Å². The van der Waals surface area contributed by atoms with Crippen LogP contribution in [0.2, 0.25) is 0 Å². The Bertz CT molecular complexity index is 526. The van der Waals surface area contributed by atoms with Gasteiger partial charge in [-0.1, -0.05) is 18.2 Å². The summed E-state index contributed by atoms with van der Waals surface area (Å²) in [5, 5.41) is 2.89. The summed E-state index contributed by atoms with van der Waals surface area (Å²) in [4.78, 5) is 15.7. The molecule has 1 unspecified atom stereocenters. The largest absolute Gasteiger partial charge is 0.489 e. The van der Waals surface area contributed by atoms with Crippen LogP contribution in [0.4, 0.5) is 0 Å². The van der Waals surface area contributed by atoms with E-state index < -0.39 is 0 Å². The molecule has 112 valence electrons. The summed E-state index contributed by atoms with van der Waals surface area (Å²) in [5.41, 5.74) is 0. The van der Waals surface area contributed by atoms with Gasteiger partial charge in [-0.2, -0.15) is 0 Å². The molecule has 5 heteroatoms. The van der Waals surface area contributed by atoms with Gasteiger partial charge in [0.1, 0.15) is 11.9 Å². The third-order valence-electron chi connectivity index (χ3n) is 3.05. The van der Waals surface area contributed by atoms with Gasteiger partial charge in [0, 0.05) is 25.4 Å². The molecule has 2 rings (SSSR count). The van der Waals surface area contributed by atoms with Gasteiger partial charge in [0.05, 0.1) is 12.9 Å². The van der Waals surface area contributed by atoms with E-state index in [0.717, 1.165) is 18.7 Å². The zero-order valence-electron chi connectivity index (χ0n) is 12.2. The third kappa shape index (κ3) is 5.69. The van der Waals surface area contributed by atoms with Gasteiger partial charge in [-0.15, -0.1) is 0 Å². The van der Waals surface area contributed by atoms with Crippen LogP contribution in [0.1, 0.15) is 19.8 Å². The molecule has 1 aromatic heterocycles. The zero-order chi connectivity index (χ0) is 14.9. The maximum Gasteiger partial charge on any atom is 0.220 e. The van der Waals surface area contributed by atoms with E-state index in [-0.39, 0.29) is 12.0 Å². The number of hydrogen-bond donors (Lipinski definition) is 1. The molecule has 1 aromatic carbocycles. The predicted molar refractivity (Wildman–Crippen MR) is 81.0 cm³/mol. The molecule has 0 aliphatic carbocycles. The fourth-order valence-corrected chi connectivity index (χ4v) is 1.96. The van der Waals surface area contributed by atoms with Gasteiger partial charge in [0.15, 0.2) is 0 Å². The van der Waals surface area contributed by atoms with Crippen LogP contribution in [0, 0.1) is 0 Å². The third-order valence-corrected chi connectivity index (χ3v) is 3.05. The van der Waals surface area contributed by atoms with E-state index in [0.29, 0.717) is 13.0 Å². The molecule has 0 bridgehead atoms. The first-order valence-electron chi connectivity index (χ1n) is 7.18. The lowest BCUT2D eigenvalue weighted by Crippen LogP contribution is -2.33. The SMILES string of the molecule is CC(CNC(=O)CCCn1ccnc1)Oc1ccccc1. The van der Waals surface area contributed by atoms with Crippen LogP contribution in [0.15, 0.2) is 49.1 Å². The van der Waals surface area contributed by atoms with Crippen molar-refractivity contribution >= 4 is 5.91 Å². The van der Waals surface area contributed by atoms with Gasteiger partial charge in [-0.3, -0.25) is 4.79 Å². The van der Waals surface area contributed by atoms with Crippen LogP contribution in [0.5, 0.6) is 5.75 Å². The van der Waals surface area contributed by atoms with Crippen LogP contribution < -0.4 is 10.1 Å². The molecule has 2 aromatic rings. The molecule has 0 aliphatic rings. The number of carbonyl (C=O) groups excluding carboxylic acids is 1. The average Bonchev–Trinajstić information content (AvgIpc) is 2.99. The van der Waals surface area contributed by atoms with Crippen molar-refractivity contribution in [2.24, 2.45) is 0 Å². The number of rotatable bonds is 8. The minimum Gasteiger partial charge on any atom is -0.489 e. The molecule has 21 heavy (non-hydrogen) atoms. The van der Waals surface area contributed by atoms with Crippen molar-refractivity contribution in [1.29, 1.82) is 0 Å². The summed E-state index contributed by atoms with van der Waals surface area (Å²) in [7, 11) is 0. The zero-order valence-corrected chi connectivity index (χ0v) is 12.2. The maximum absolute atomic E-state index is 11.7. The van der Waals surface area contributed by atoms with E-state index in [2.05, 4.69) is 10.3 Å². The summed E-state index contributed by atoms with van der Waals surface area (Å²) in [6.07, 6.45) is 6.65. The standard InChI is InChI=1S/C16H21N3O2/c1-14(21-15-6-3-2-4-7-15)12-18-16(20)8-5-10-19-11-9-17-13-19/h2-4,6-7,9,11,13-14H,5,8,10,12H2,1H3,(H,18,20). The quantitative estimate of drug-likeness (QED) is 0.810. The highest BCUT2D eigenvalue weighted by molar-refractivity contribution is 5.75. The summed E-state index contributed by atoms with van der Waals surface area (Å²) in [6, 6.07) is 9.61. The van der Waals surface area contributed by atoms with Gasteiger partial charge in [0.25, 0.3) is 0 Å². The van der Waals surface area contributed by atoms with Crippen LogP contribution in [0.25, 0.3) is 0 Å². The highest BCUT2D eigenvalue weighted by Gasteiger charge is 2.06. The van der Waals surface area contributed by atoms with Crippen molar-refractivity contribution in [2.45, 2.75) is 32.4 Å². The number of ether oxygens (including phenoxy) is 1. The molecular formula is C16H21N3O2. The minimum atomic E-state index is -0.0509. The fourth-order valence-electron chi connectivity index (χ4n) is 1.96. The second-order valence-corrected chi connectivity index (χ2v) is 4.95. The van der Waals surface area contributed by atoms with Crippen LogP contribution in [-0.2, 0) is 11.3 Å². The first-order valence-corrected chi connectivity index (χ1v) is 7.18. The number of aryl methyl sites for hydroxylation is 1. The summed E-state index contributed by atoms with van der Waals surface area (Å²) in [6.45, 7) is 3.26. The Balaban J connectivity index is 1.60. The predicted octanol–water partition coefficient (Wildman–Crippen LogP) is 2.25. The molecule has 1 N–H and O–H groups in total. The van der Waals surface area contributed by atoms with Crippen molar-refractivity contribution < 1.29 is 9.53 Å². The van der Waals surface area contributed by atoms with Gasteiger partial charge < -0.3 is 14.6 Å². The minimum absolute atomic E-state index is 0.0509. The Morgan fingerprint density at radius 1 is 1.38 bits per heavy atom. The average molecular weight is 287 g/mol. The van der Waals surface area contributed by atoms with Gasteiger partial charge >= 0.3 is 0 Å². The monoisotopic (exact) mass is 287 g/mol. The summed E-state index contributed by atoms with van der Waals surface area (Å²) >= 11 is 0. The second-order valence-electron chi connectivity index (χ2n) is 4.95. The molecule has 0 saturated carbocycles. The molecule has 1 heterocycles. The van der Waals surface area contributed by atoms with E-state index in [1.807, 2.05) is 48.0 Å². The van der Waals surface area contributed by atoms with Gasteiger partial charge in [-0.25, -0.2) is 4.98 Å². The van der Waals surface area contributed by atoms with E-state index in [1.54, 1.807) is 12.5 Å². The fraction of sp³-hybridized carbons (Fsp3) is 0.375. The summed E-state index contributed by atoms with van der Waals surface area (Å²) < 4.78 is 7.67. The molecule has 0 spiro atoms. The Morgan fingerprint density at radius 2 is 2.19 bits per heavy atom. The van der Waals surface area contributed by atoms with Crippen molar-refractivity contribution in [3.05, 3.63) is 49.1 Å². The Hall–Kier alpha value is -2.30. The number of para-hydroxylation sites is 1. The number of hydrogen-bond acceptors (Lipinski definition) is 3. The first kappa shape index (κ1) is 15.1. The number of benzene rings is 1. The highest BCUT2D eigenvalue weighted by atomic mass is 16.5. The normalized spacial score (nSPS) is 11.9. The van der Waals surface area contributed by atoms with Crippen LogP contribution >= 0.6 is 0 Å². The number of nitrogens with one attached hydrogen (secondary N) is 1. The molecule has 0 radical (unpaired) electrons. The lowest BCUT2D eigenvalue weighted by Gasteiger charge is -2.15. The van der Waals surface area contributed by atoms with E-state index in [4.69, 9.17) is 4.74 Å². The molecule has 1 atom stereocenters. The number of aromatic nitrogens is 2. The highest BCUT2D eigenvalue weighted by Crippen LogP contribution is 2.10. The maximum atomic E-state index is 11.7. The van der Waals surface area contributed by atoms with Crippen LogP contribution in [0.3, 0.4) is 0 Å². The number of carbonyl (C=O) groups is 1. The Labute approximate surface area is 125 Å². The summed E-state index contributed by atoms with van der Waals surface area (Å²) in [5.74, 6) is 0.873. The topological polar surface area (TPSA) is 56.2 Å².